The lowest BCUT2D eigenvalue weighted by Gasteiger charge is -2.18. The quantitative estimate of drug-likeness (QED) is 0.513. The summed E-state index contributed by atoms with van der Waals surface area (Å²) in [5, 5.41) is 15.5. The number of nitrogens with zero attached hydrogens (tertiary/aromatic N) is 2. The molecule has 1 unspecified atom stereocenters. The number of ether oxygens (including phenoxy) is 2. The molecule has 0 radical (unpaired) electrons. The predicted molar refractivity (Wildman–Crippen MR) is 132 cm³/mol. The third kappa shape index (κ3) is 5.72. The van der Waals surface area contributed by atoms with E-state index >= 15 is 0 Å². The highest BCUT2D eigenvalue weighted by atomic mass is 32.1. The van der Waals surface area contributed by atoms with Gasteiger partial charge in [0, 0.05) is 26.7 Å². The number of carbonyl (C=O) groups is 1. The van der Waals surface area contributed by atoms with E-state index in [-0.39, 0.29) is 10.8 Å². The van der Waals surface area contributed by atoms with E-state index < -0.39 is 12.1 Å². The molecule has 1 aromatic heterocycles. The number of hydrogen-bond acceptors (Lipinski definition) is 7. The highest BCUT2D eigenvalue weighted by molar-refractivity contribution is 7.16. The van der Waals surface area contributed by atoms with Crippen LogP contribution < -0.4 is 15.5 Å². The van der Waals surface area contributed by atoms with E-state index in [2.05, 4.69) is 16.7 Å². The summed E-state index contributed by atoms with van der Waals surface area (Å²) in [5.41, 5.74) is 3.87. The van der Waals surface area contributed by atoms with Crippen LogP contribution in [0, 0.1) is 11.3 Å². The van der Waals surface area contributed by atoms with Crippen molar-refractivity contribution in [2.75, 3.05) is 33.4 Å². The van der Waals surface area contributed by atoms with Crippen molar-refractivity contribution in [3.8, 4) is 17.2 Å². The van der Waals surface area contributed by atoms with Crippen LogP contribution in [-0.4, -0.2) is 56.0 Å². The van der Waals surface area contributed by atoms with E-state index in [1.54, 1.807) is 11.7 Å². The topological polar surface area (TPSA) is 105 Å². The summed E-state index contributed by atoms with van der Waals surface area (Å²) < 4.78 is 13.4. The third-order valence-corrected chi connectivity index (χ3v) is 6.79. The van der Waals surface area contributed by atoms with Crippen molar-refractivity contribution >= 4 is 27.5 Å². The minimum atomic E-state index is -0.637. The van der Waals surface area contributed by atoms with E-state index in [0.717, 1.165) is 39.9 Å². The second kappa shape index (κ2) is 11.4. The van der Waals surface area contributed by atoms with E-state index in [9.17, 15) is 14.9 Å². The summed E-state index contributed by atoms with van der Waals surface area (Å²) in [4.78, 5) is 24.8. The molecule has 0 aliphatic carbocycles. The second-order valence-corrected chi connectivity index (χ2v) is 9.20. The van der Waals surface area contributed by atoms with Gasteiger partial charge in [0.25, 0.3) is 5.91 Å². The molecule has 2 aromatic carbocycles. The molecule has 1 aliphatic heterocycles. The number of carbonyl (C=O) groups excluding carboxylic acids is 1. The molecule has 2 heterocycles. The van der Waals surface area contributed by atoms with Gasteiger partial charge in [-0.15, -0.1) is 0 Å². The Morgan fingerprint density at radius 1 is 1.32 bits per heavy atom. The minimum Gasteiger partial charge on any atom is -0.383 e. The number of thiazole rings is 1. The van der Waals surface area contributed by atoms with Crippen molar-refractivity contribution in [1.82, 2.24) is 15.2 Å². The second-order valence-electron chi connectivity index (χ2n) is 8.20. The Morgan fingerprint density at radius 2 is 2.12 bits per heavy atom. The number of aromatic nitrogens is 1. The van der Waals surface area contributed by atoms with Crippen molar-refractivity contribution in [3.63, 3.8) is 0 Å². The van der Waals surface area contributed by atoms with E-state index in [4.69, 9.17) is 9.47 Å². The third-order valence-electron chi connectivity index (χ3n) is 5.82. The number of amides is 1. The molecule has 0 bridgehead atoms. The first-order chi connectivity index (χ1) is 16.6. The van der Waals surface area contributed by atoms with Crippen LogP contribution in [0.5, 0.6) is 0 Å². The molecule has 4 rings (SSSR count). The number of fused-ring (bicyclic) bond motifs is 1. The standard InChI is InChI=1S/C25H28N4O4S/c1-32-12-10-29-21-14-19(7-8-23(21)34-25(29)31)18-5-3-17(4-6-18)13-20(15-26)28-24(30)22-16-27-9-2-11-33-22/h3-8,14,20,22,27H,2,9-13,16H2,1H3,(H,28,30)/t20?,22-/m0/s1. The van der Waals surface area contributed by atoms with Crippen LogP contribution in [0.15, 0.2) is 47.3 Å². The van der Waals surface area contributed by atoms with Crippen LogP contribution in [0.25, 0.3) is 21.3 Å². The Kier molecular flexibility index (Phi) is 8.08. The van der Waals surface area contributed by atoms with Gasteiger partial charge in [0.2, 0.25) is 0 Å². The van der Waals surface area contributed by atoms with Crippen LogP contribution in [-0.2, 0) is 27.2 Å². The zero-order valence-electron chi connectivity index (χ0n) is 19.1. The first kappa shape index (κ1) is 24.1. The molecule has 178 valence electrons. The summed E-state index contributed by atoms with van der Waals surface area (Å²) in [6.45, 7) is 2.80. The number of nitriles is 1. The van der Waals surface area contributed by atoms with Crippen LogP contribution in [0.4, 0.5) is 0 Å². The van der Waals surface area contributed by atoms with E-state index in [1.807, 2.05) is 42.5 Å². The maximum atomic E-state index is 12.5. The van der Waals surface area contributed by atoms with Gasteiger partial charge in [-0.25, -0.2) is 0 Å². The van der Waals surface area contributed by atoms with Crippen molar-refractivity contribution in [2.45, 2.75) is 31.5 Å². The molecule has 1 fully saturated rings. The SMILES string of the molecule is COCCn1c(=O)sc2ccc(-c3ccc(CC(C#N)NC(=O)[C@@H]4CNCCCO4)cc3)cc21. The Bertz CT molecular complexity index is 1220. The summed E-state index contributed by atoms with van der Waals surface area (Å²) in [6, 6.07) is 15.5. The fraction of sp³-hybridized carbons (Fsp3) is 0.400. The largest absolute Gasteiger partial charge is 0.383 e. The van der Waals surface area contributed by atoms with Crippen LogP contribution in [0.2, 0.25) is 0 Å². The Morgan fingerprint density at radius 3 is 2.88 bits per heavy atom. The lowest BCUT2D eigenvalue weighted by molar-refractivity contribution is -0.132. The molecule has 0 spiro atoms. The molecule has 2 atom stereocenters. The van der Waals surface area contributed by atoms with Gasteiger partial charge in [-0.3, -0.25) is 14.2 Å². The molecule has 8 nitrogen and oxygen atoms in total. The maximum absolute atomic E-state index is 12.5. The molecule has 34 heavy (non-hydrogen) atoms. The fourth-order valence-corrected chi connectivity index (χ4v) is 4.88. The highest BCUT2D eigenvalue weighted by Crippen LogP contribution is 2.26. The number of benzene rings is 2. The highest BCUT2D eigenvalue weighted by Gasteiger charge is 2.23. The summed E-state index contributed by atoms with van der Waals surface area (Å²) in [5.74, 6) is -0.263. The van der Waals surface area contributed by atoms with Gasteiger partial charge in [0.1, 0.15) is 12.1 Å². The van der Waals surface area contributed by atoms with Crippen molar-refractivity contribution in [3.05, 3.63) is 57.7 Å². The summed E-state index contributed by atoms with van der Waals surface area (Å²) in [6.07, 6.45) is 0.694. The van der Waals surface area contributed by atoms with Gasteiger partial charge >= 0.3 is 4.87 Å². The van der Waals surface area contributed by atoms with Crippen molar-refractivity contribution in [2.24, 2.45) is 0 Å². The zero-order chi connectivity index (χ0) is 23.9. The van der Waals surface area contributed by atoms with Crippen molar-refractivity contribution in [1.29, 1.82) is 5.26 Å². The molecule has 1 amide bonds. The van der Waals surface area contributed by atoms with Gasteiger partial charge in [-0.1, -0.05) is 41.7 Å². The minimum absolute atomic E-state index is 0.00849. The average molecular weight is 481 g/mol. The molecule has 2 N–H and O–H groups in total. The number of methoxy groups -OCH3 is 1. The van der Waals surface area contributed by atoms with E-state index in [1.165, 1.54) is 11.3 Å². The van der Waals surface area contributed by atoms with Gasteiger partial charge in [-0.2, -0.15) is 5.26 Å². The smallest absolute Gasteiger partial charge is 0.308 e. The molecule has 9 heteroatoms. The maximum Gasteiger partial charge on any atom is 0.308 e. The summed E-state index contributed by atoms with van der Waals surface area (Å²) >= 11 is 1.23. The normalized spacial score (nSPS) is 17.1. The molecular formula is C25H28N4O4S. The lowest BCUT2D eigenvalue weighted by atomic mass is 10.0. The predicted octanol–water partition coefficient (Wildman–Crippen LogP) is 2.31. The molecule has 1 aliphatic rings. The molecular weight excluding hydrogens is 452 g/mol. The Hall–Kier alpha value is -3.03. The van der Waals surface area contributed by atoms with Crippen LogP contribution in [0.1, 0.15) is 12.0 Å². The lowest BCUT2D eigenvalue weighted by Crippen LogP contribution is -2.46. The van der Waals surface area contributed by atoms with Crippen molar-refractivity contribution < 1.29 is 14.3 Å². The number of hydrogen-bond donors (Lipinski definition) is 2. The van der Waals surface area contributed by atoms with Crippen LogP contribution >= 0.6 is 11.3 Å². The van der Waals surface area contributed by atoms with Gasteiger partial charge in [-0.05, 0) is 41.8 Å². The molecule has 3 aromatic rings. The summed E-state index contributed by atoms with van der Waals surface area (Å²) in [7, 11) is 1.62. The van der Waals surface area contributed by atoms with Crippen LogP contribution in [0.3, 0.4) is 0 Å². The van der Waals surface area contributed by atoms with Gasteiger partial charge in [0.05, 0.1) is 29.4 Å². The Labute approximate surface area is 202 Å². The van der Waals surface area contributed by atoms with E-state index in [0.29, 0.717) is 32.7 Å². The first-order valence-corrected chi connectivity index (χ1v) is 12.1. The monoisotopic (exact) mass is 480 g/mol. The van der Waals surface area contributed by atoms with Gasteiger partial charge < -0.3 is 20.1 Å². The fourth-order valence-electron chi connectivity index (χ4n) is 3.98. The molecule has 0 saturated carbocycles. The molecule has 1 saturated heterocycles. The van der Waals surface area contributed by atoms with Gasteiger partial charge in [0.15, 0.2) is 0 Å². The zero-order valence-corrected chi connectivity index (χ0v) is 19.9. The first-order valence-electron chi connectivity index (χ1n) is 11.3. The Balaban J connectivity index is 1.45. The average Bonchev–Trinajstić information content (AvgIpc) is 3.01. The number of rotatable bonds is 8. The number of nitrogens with one attached hydrogen (secondary N) is 2.